The summed E-state index contributed by atoms with van der Waals surface area (Å²) in [7, 11) is 0. The summed E-state index contributed by atoms with van der Waals surface area (Å²) in [6.45, 7) is 5.41. The quantitative estimate of drug-likeness (QED) is 0.832. The molecular weight excluding hydrogens is 220 g/mol. The largest absolute Gasteiger partial charge is 0.476 e. The molecule has 0 unspecified atom stereocenters. The van der Waals surface area contributed by atoms with Crippen LogP contribution in [-0.2, 0) is 0 Å². The SMILES string of the molecule is Cc1oc([C@@H](N)C(C)C)nc1C(=O)O.Cl. The summed E-state index contributed by atoms with van der Waals surface area (Å²) in [6.07, 6.45) is 0. The maximum Gasteiger partial charge on any atom is 0.358 e. The molecule has 0 aliphatic heterocycles. The zero-order valence-electron chi connectivity index (χ0n) is 8.85. The van der Waals surface area contributed by atoms with Crippen LogP contribution in [-0.4, -0.2) is 16.1 Å². The fourth-order valence-electron chi connectivity index (χ4n) is 1.04. The van der Waals surface area contributed by atoms with Crippen molar-refractivity contribution in [3.8, 4) is 0 Å². The van der Waals surface area contributed by atoms with Gasteiger partial charge in [0.2, 0.25) is 5.89 Å². The van der Waals surface area contributed by atoms with Crippen molar-refractivity contribution in [1.29, 1.82) is 0 Å². The predicted molar refractivity (Wildman–Crippen MR) is 57.2 cm³/mol. The molecule has 0 saturated carbocycles. The van der Waals surface area contributed by atoms with Crippen LogP contribution in [0.25, 0.3) is 0 Å². The number of carboxylic acids is 1. The van der Waals surface area contributed by atoms with Crippen molar-refractivity contribution >= 4 is 18.4 Å². The molecule has 1 atom stereocenters. The number of aromatic nitrogens is 1. The first-order valence-electron chi connectivity index (χ1n) is 4.39. The molecule has 0 aliphatic rings. The number of carbonyl (C=O) groups is 1. The minimum atomic E-state index is -1.09. The van der Waals surface area contributed by atoms with Crippen molar-refractivity contribution in [2.75, 3.05) is 0 Å². The number of nitrogens with two attached hydrogens (primary N) is 1. The summed E-state index contributed by atoms with van der Waals surface area (Å²) in [5, 5.41) is 8.74. The van der Waals surface area contributed by atoms with Gasteiger partial charge in [0, 0.05) is 0 Å². The van der Waals surface area contributed by atoms with Gasteiger partial charge in [0.15, 0.2) is 5.69 Å². The lowest BCUT2D eigenvalue weighted by atomic mass is 10.1. The van der Waals surface area contributed by atoms with E-state index in [1.807, 2.05) is 13.8 Å². The van der Waals surface area contributed by atoms with Gasteiger partial charge >= 0.3 is 5.97 Å². The van der Waals surface area contributed by atoms with Gasteiger partial charge in [-0.05, 0) is 12.8 Å². The van der Waals surface area contributed by atoms with E-state index in [4.69, 9.17) is 15.3 Å². The van der Waals surface area contributed by atoms with Crippen LogP contribution in [0.3, 0.4) is 0 Å². The Labute approximate surface area is 94.1 Å². The van der Waals surface area contributed by atoms with Crippen molar-refractivity contribution in [2.24, 2.45) is 11.7 Å². The second kappa shape index (κ2) is 5.14. The average Bonchev–Trinajstić information content (AvgIpc) is 2.45. The van der Waals surface area contributed by atoms with Crippen molar-refractivity contribution in [1.82, 2.24) is 4.98 Å². The third-order valence-electron chi connectivity index (χ3n) is 2.02. The van der Waals surface area contributed by atoms with Gasteiger partial charge in [-0.3, -0.25) is 0 Å². The molecule has 1 rings (SSSR count). The van der Waals surface area contributed by atoms with E-state index in [0.717, 1.165) is 0 Å². The van der Waals surface area contributed by atoms with Crippen LogP contribution >= 0.6 is 12.4 Å². The first-order valence-corrected chi connectivity index (χ1v) is 4.39. The van der Waals surface area contributed by atoms with E-state index < -0.39 is 5.97 Å². The zero-order valence-corrected chi connectivity index (χ0v) is 9.67. The number of hydrogen-bond acceptors (Lipinski definition) is 4. The molecule has 1 heterocycles. The summed E-state index contributed by atoms with van der Waals surface area (Å²) in [5.41, 5.74) is 5.71. The van der Waals surface area contributed by atoms with Gasteiger partial charge < -0.3 is 15.3 Å². The van der Waals surface area contributed by atoms with Crippen molar-refractivity contribution in [3.05, 3.63) is 17.3 Å². The molecule has 0 amide bonds. The van der Waals surface area contributed by atoms with Crippen LogP contribution in [0, 0.1) is 12.8 Å². The molecule has 0 fully saturated rings. The molecule has 1 aromatic rings. The Bertz CT molecular complexity index is 349. The molecule has 0 bridgehead atoms. The van der Waals surface area contributed by atoms with Crippen LogP contribution in [0.4, 0.5) is 0 Å². The number of halogens is 1. The minimum absolute atomic E-state index is 0. The van der Waals surface area contributed by atoms with Crippen LogP contribution in [0.2, 0.25) is 0 Å². The summed E-state index contributed by atoms with van der Waals surface area (Å²) >= 11 is 0. The maximum atomic E-state index is 10.7. The normalized spacial score (nSPS) is 12.3. The Morgan fingerprint density at radius 2 is 2.07 bits per heavy atom. The molecule has 0 radical (unpaired) electrons. The number of aromatic carboxylic acids is 1. The van der Waals surface area contributed by atoms with Gasteiger partial charge in [0.1, 0.15) is 5.76 Å². The lowest BCUT2D eigenvalue weighted by molar-refractivity contribution is 0.0689. The van der Waals surface area contributed by atoms with E-state index in [1.165, 1.54) is 0 Å². The van der Waals surface area contributed by atoms with Gasteiger partial charge in [-0.15, -0.1) is 12.4 Å². The van der Waals surface area contributed by atoms with E-state index in [2.05, 4.69) is 4.98 Å². The standard InChI is InChI=1S/C9H14N2O3.ClH/c1-4(2)6(10)8-11-7(9(12)13)5(3)14-8;/h4,6H,10H2,1-3H3,(H,12,13);1H/t6-;/m0./s1. The van der Waals surface area contributed by atoms with E-state index in [0.29, 0.717) is 5.76 Å². The number of rotatable bonds is 3. The summed E-state index contributed by atoms with van der Waals surface area (Å²) in [6, 6.07) is -0.359. The molecule has 15 heavy (non-hydrogen) atoms. The number of oxazole rings is 1. The van der Waals surface area contributed by atoms with E-state index in [1.54, 1.807) is 6.92 Å². The fourth-order valence-corrected chi connectivity index (χ4v) is 1.04. The van der Waals surface area contributed by atoms with Gasteiger partial charge in [-0.2, -0.15) is 0 Å². The molecule has 5 nitrogen and oxygen atoms in total. The second-order valence-electron chi connectivity index (χ2n) is 3.53. The zero-order chi connectivity index (χ0) is 10.9. The molecule has 86 valence electrons. The van der Waals surface area contributed by atoms with Crippen molar-refractivity contribution in [3.63, 3.8) is 0 Å². The highest BCUT2D eigenvalue weighted by Crippen LogP contribution is 2.20. The van der Waals surface area contributed by atoms with E-state index in [9.17, 15) is 4.79 Å². The molecular formula is C9H15ClN2O3. The predicted octanol–water partition coefficient (Wildman–Crippen LogP) is 1.76. The Balaban J connectivity index is 0.00000196. The Morgan fingerprint density at radius 3 is 2.40 bits per heavy atom. The Kier molecular flexibility index (Phi) is 4.77. The first kappa shape index (κ1) is 13.9. The van der Waals surface area contributed by atoms with Gasteiger partial charge in [-0.1, -0.05) is 13.8 Å². The van der Waals surface area contributed by atoms with Crippen molar-refractivity contribution < 1.29 is 14.3 Å². The van der Waals surface area contributed by atoms with Crippen molar-refractivity contribution in [2.45, 2.75) is 26.8 Å². The third kappa shape index (κ3) is 2.94. The van der Waals surface area contributed by atoms with E-state index >= 15 is 0 Å². The molecule has 1 aromatic heterocycles. The highest BCUT2D eigenvalue weighted by molar-refractivity contribution is 5.86. The third-order valence-corrected chi connectivity index (χ3v) is 2.02. The van der Waals surface area contributed by atoms with Gasteiger partial charge in [0.25, 0.3) is 0 Å². The van der Waals surface area contributed by atoms with Gasteiger partial charge in [-0.25, -0.2) is 9.78 Å². The highest BCUT2D eigenvalue weighted by atomic mass is 35.5. The lowest BCUT2D eigenvalue weighted by Gasteiger charge is -2.10. The topological polar surface area (TPSA) is 89.4 Å². The van der Waals surface area contributed by atoms with Crippen LogP contribution < -0.4 is 5.73 Å². The Hall–Kier alpha value is -1.07. The van der Waals surface area contributed by atoms with Gasteiger partial charge in [0.05, 0.1) is 6.04 Å². The smallest absolute Gasteiger partial charge is 0.358 e. The number of aryl methyl sites for hydroxylation is 1. The van der Waals surface area contributed by atoms with Crippen LogP contribution in [0.1, 0.15) is 42.0 Å². The van der Waals surface area contributed by atoms with Crippen LogP contribution in [0.5, 0.6) is 0 Å². The first-order chi connectivity index (χ1) is 6.43. The highest BCUT2D eigenvalue weighted by Gasteiger charge is 2.21. The van der Waals surface area contributed by atoms with E-state index in [-0.39, 0.29) is 36.0 Å². The minimum Gasteiger partial charge on any atom is -0.476 e. The number of hydrogen-bond donors (Lipinski definition) is 2. The second-order valence-corrected chi connectivity index (χ2v) is 3.53. The van der Waals surface area contributed by atoms with Crippen LogP contribution in [0.15, 0.2) is 4.42 Å². The fraction of sp³-hybridized carbons (Fsp3) is 0.556. The molecule has 3 N–H and O–H groups in total. The molecule has 0 aliphatic carbocycles. The lowest BCUT2D eigenvalue weighted by Crippen LogP contribution is -2.17. The monoisotopic (exact) mass is 234 g/mol. The molecule has 0 saturated heterocycles. The number of nitrogens with zero attached hydrogens (tertiary/aromatic N) is 1. The maximum absolute atomic E-state index is 10.7. The summed E-state index contributed by atoms with van der Waals surface area (Å²) < 4.78 is 5.18. The molecule has 6 heteroatoms. The average molecular weight is 235 g/mol. The molecule has 0 aromatic carbocycles. The molecule has 0 spiro atoms. The Morgan fingerprint density at radius 1 is 1.53 bits per heavy atom. The summed E-state index contributed by atoms with van der Waals surface area (Å²) in [5.74, 6) is -0.346. The number of carboxylic acid groups (broad SMARTS) is 1. The summed E-state index contributed by atoms with van der Waals surface area (Å²) in [4.78, 5) is 14.5.